The van der Waals surface area contributed by atoms with Crippen LogP contribution in [0.2, 0.25) is 0 Å². The Kier molecular flexibility index (Phi) is 3.78. The highest BCUT2D eigenvalue weighted by atomic mass is 32.1. The second kappa shape index (κ2) is 5.50. The van der Waals surface area contributed by atoms with E-state index in [1.54, 1.807) is 7.11 Å². The highest BCUT2D eigenvalue weighted by molar-refractivity contribution is 7.14. The van der Waals surface area contributed by atoms with E-state index in [1.165, 1.54) is 16.8 Å². The lowest BCUT2D eigenvalue weighted by atomic mass is 10.2. The highest BCUT2D eigenvalue weighted by Crippen LogP contribution is 2.23. The molecule has 2 rings (SSSR count). The minimum absolute atomic E-state index is 0.0508. The monoisotopic (exact) mass is 264 g/mol. The molecule has 0 aliphatic heterocycles. The normalized spacial score (nSPS) is 10.1. The van der Waals surface area contributed by atoms with Gasteiger partial charge in [-0.15, -0.1) is 11.3 Å². The summed E-state index contributed by atoms with van der Waals surface area (Å²) in [7, 11) is 1.61. The number of anilines is 1. The maximum atomic E-state index is 10.9. The van der Waals surface area contributed by atoms with Crippen molar-refractivity contribution in [3.8, 4) is 5.75 Å². The predicted molar refractivity (Wildman–Crippen MR) is 69.4 cm³/mol. The van der Waals surface area contributed by atoms with Gasteiger partial charge in [-0.3, -0.25) is 0 Å². The number of benzene rings is 1. The van der Waals surface area contributed by atoms with E-state index in [1.807, 2.05) is 24.3 Å². The number of carboxylic acids is 1. The molecule has 0 amide bonds. The van der Waals surface area contributed by atoms with Crippen LogP contribution in [0.3, 0.4) is 0 Å². The molecule has 0 unspecified atom stereocenters. The van der Waals surface area contributed by atoms with Crippen LogP contribution in [0.5, 0.6) is 5.75 Å². The second-order valence-corrected chi connectivity index (χ2v) is 4.36. The van der Waals surface area contributed by atoms with Crippen molar-refractivity contribution in [2.24, 2.45) is 0 Å². The maximum Gasteiger partial charge on any atom is 0.357 e. The zero-order chi connectivity index (χ0) is 13.0. The van der Waals surface area contributed by atoms with Crippen LogP contribution in [0.25, 0.3) is 0 Å². The third kappa shape index (κ3) is 2.60. The van der Waals surface area contributed by atoms with E-state index in [9.17, 15) is 4.79 Å². The van der Waals surface area contributed by atoms with Crippen LogP contribution in [-0.2, 0) is 6.54 Å². The molecule has 0 fully saturated rings. The molecule has 2 N–H and O–H groups in total. The minimum Gasteiger partial charge on any atom is -0.496 e. The quantitative estimate of drug-likeness (QED) is 0.868. The van der Waals surface area contributed by atoms with Gasteiger partial charge in [-0.1, -0.05) is 18.2 Å². The number of carboxylic acid groups (broad SMARTS) is 1. The molecule has 0 aliphatic carbocycles. The predicted octanol–water partition coefficient (Wildman–Crippen LogP) is 2.46. The molecule has 0 aliphatic rings. The van der Waals surface area contributed by atoms with Gasteiger partial charge in [0.2, 0.25) is 0 Å². The van der Waals surface area contributed by atoms with E-state index in [0.29, 0.717) is 11.5 Å². The first-order chi connectivity index (χ1) is 8.72. The molecule has 6 heteroatoms. The van der Waals surface area contributed by atoms with E-state index in [2.05, 4.69) is 10.3 Å². The average molecular weight is 264 g/mol. The van der Waals surface area contributed by atoms with E-state index in [4.69, 9.17) is 9.84 Å². The number of thiazole rings is 1. The van der Waals surface area contributed by atoms with Crippen molar-refractivity contribution in [2.45, 2.75) is 6.54 Å². The van der Waals surface area contributed by atoms with Crippen molar-refractivity contribution >= 4 is 22.3 Å². The van der Waals surface area contributed by atoms with Gasteiger partial charge in [0.15, 0.2) is 5.69 Å². The number of para-hydroxylation sites is 1. The lowest BCUT2D eigenvalue weighted by Crippen LogP contribution is -2.05. The summed E-state index contributed by atoms with van der Waals surface area (Å²) < 4.78 is 5.22. The maximum absolute atomic E-state index is 10.9. The Morgan fingerprint density at radius 1 is 1.50 bits per heavy atom. The number of aromatic carboxylic acids is 1. The molecule has 18 heavy (non-hydrogen) atoms. The van der Waals surface area contributed by atoms with Crippen molar-refractivity contribution in [1.82, 2.24) is 4.98 Å². The van der Waals surface area contributed by atoms with E-state index in [0.717, 1.165) is 11.3 Å². The largest absolute Gasteiger partial charge is 0.496 e. The van der Waals surface area contributed by atoms with Crippen LogP contribution >= 0.6 is 11.3 Å². The number of hydrogen-bond acceptors (Lipinski definition) is 5. The van der Waals surface area contributed by atoms with Gasteiger partial charge in [0, 0.05) is 12.1 Å². The minimum atomic E-state index is -1.03. The Morgan fingerprint density at radius 2 is 2.28 bits per heavy atom. The molecular weight excluding hydrogens is 252 g/mol. The Labute approximate surface area is 108 Å². The van der Waals surface area contributed by atoms with Crippen LogP contribution in [0.1, 0.15) is 16.1 Å². The number of nitrogens with one attached hydrogen (secondary N) is 1. The number of nitrogens with zero attached hydrogens (tertiary/aromatic N) is 1. The molecule has 0 atom stereocenters. The first kappa shape index (κ1) is 12.4. The fourth-order valence-electron chi connectivity index (χ4n) is 1.55. The van der Waals surface area contributed by atoms with Crippen molar-refractivity contribution in [3.63, 3.8) is 0 Å². The summed E-state index contributed by atoms with van der Waals surface area (Å²) in [5, 5.41) is 12.5. The number of methoxy groups -OCH3 is 1. The third-order valence-electron chi connectivity index (χ3n) is 2.40. The molecule has 0 spiro atoms. The topological polar surface area (TPSA) is 71.5 Å². The Balaban J connectivity index is 2.11. The Hall–Kier alpha value is -2.08. The van der Waals surface area contributed by atoms with E-state index in [-0.39, 0.29) is 5.69 Å². The zero-order valence-corrected chi connectivity index (χ0v) is 10.5. The van der Waals surface area contributed by atoms with E-state index < -0.39 is 5.97 Å². The van der Waals surface area contributed by atoms with Gasteiger partial charge in [0.05, 0.1) is 12.6 Å². The van der Waals surface area contributed by atoms with Gasteiger partial charge in [-0.05, 0) is 6.07 Å². The van der Waals surface area contributed by atoms with Crippen LogP contribution in [-0.4, -0.2) is 23.2 Å². The molecule has 0 saturated carbocycles. The molecule has 0 radical (unpaired) electrons. The summed E-state index contributed by atoms with van der Waals surface area (Å²) in [5.41, 5.74) is 2.52. The zero-order valence-electron chi connectivity index (χ0n) is 9.71. The van der Waals surface area contributed by atoms with Crippen molar-refractivity contribution in [1.29, 1.82) is 0 Å². The average Bonchev–Trinajstić information content (AvgIpc) is 2.85. The molecule has 0 saturated heterocycles. The summed E-state index contributed by atoms with van der Waals surface area (Å²) in [4.78, 5) is 14.7. The van der Waals surface area contributed by atoms with Crippen LogP contribution in [0.4, 0.5) is 5.00 Å². The van der Waals surface area contributed by atoms with Crippen LogP contribution in [0, 0.1) is 0 Å². The Morgan fingerprint density at radius 3 is 3.00 bits per heavy atom. The molecule has 0 bridgehead atoms. The van der Waals surface area contributed by atoms with Crippen molar-refractivity contribution in [3.05, 3.63) is 41.0 Å². The van der Waals surface area contributed by atoms with Gasteiger partial charge in [0.1, 0.15) is 10.8 Å². The number of hydrogen-bond donors (Lipinski definition) is 2. The van der Waals surface area contributed by atoms with Crippen LogP contribution < -0.4 is 10.1 Å². The van der Waals surface area contributed by atoms with E-state index >= 15 is 0 Å². The number of carbonyl (C=O) groups is 1. The molecule has 1 heterocycles. The van der Waals surface area contributed by atoms with Gasteiger partial charge in [0.25, 0.3) is 0 Å². The summed E-state index contributed by atoms with van der Waals surface area (Å²) in [6.07, 6.45) is 0. The molecule has 5 nitrogen and oxygen atoms in total. The molecule has 1 aromatic heterocycles. The van der Waals surface area contributed by atoms with Gasteiger partial charge >= 0.3 is 5.97 Å². The van der Waals surface area contributed by atoms with Gasteiger partial charge in [-0.2, -0.15) is 0 Å². The second-order valence-electron chi connectivity index (χ2n) is 3.50. The molecule has 94 valence electrons. The summed E-state index contributed by atoms with van der Waals surface area (Å²) in [6, 6.07) is 7.58. The van der Waals surface area contributed by atoms with Gasteiger partial charge in [-0.25, -0.2) is 9.78 Å². The number of ether oxygens (including phenoxy) is 1. The molecular formula is C12H12N2O3S. The number of aromatic nitrogens is 1. The van der Waals surface area contributed by atoms with Gasteiger partial charge < -0.3 is 15.2 Å². The Bertz CT molecular complexity index is 554. The fraction of sp³-hybridized carbons (Fsp3) is 0.167. The third-order valence-corrected chi connectivity index (χ3v) is 3.19. The highest BCUT2D eigenvalue weighted by Gasteiger charge is 2.13. The fourth-order valence-corrected chi connectivity index (χ4v) is 2.22. The molecule has 1 aromatic carbocycles. The summed E-state index contributed by atoms with van der Waals surface area (Å²) in [5.74, 6) is -0.259. The lowest BCUT2D eigenvalue weighted by molar-refractivity contribution is 0.0692. The SMILES string of the molecule is COc1ccccc1CNc1scnc1C(=O)O. The molecule has 2 aromatic rings. The number of rotatable bonds is 5. The summed E-state index contributed by atoms with van der Waals surface area (Å²) >= 11 is 1.27. The standard InChI is InChI=1S/C12H12N2O3S/c1-17-9-5-3-2-4-8(9)6-13-11-10(12(15)16)14-7-18-11/h2-5,7,13H,6H2,1H3,(H,15,16). The van der Waals surface area contributed by atoms with Crippen molar-refractivity contribution < 1.29 is 14.6 Å². The lowest BCUT2D eigenvalue weighted by Gasteiger charge is -2.09. The first-order valence-corrected chi connectivity index (χ1v) is 6.13. The smallest absolute Gasteiger partial charge is 0.357 e. The van der Waals surface area contributed by atoms with Crippen LogP contribution in [0.15, 0.2) is 29.8 Å². The summed E-state index contributed by atoms with van der Waals surface area (Å²) in [6.45, 7) is 0.493. The van der Waals surface area contributed by atoms with Crippen molar-refractivity contribution in [2.75, 3.05) is 12.4 Å². The first-order valence-electron chi connectivity index (χ1n) is 5.25.